The van der Waals surface area contributed by atoms with Crippen LogP contribution < -0.4 is 10.6 Å². The molecule has 1 aromatic carbocycles. The molecule has 0 saturated carbocycles. The van der Waals surface area contributed by atoms with Crippen LogP contribution in [0.25, 0.3) is 0 Å². The summed E-state index contributed by atoms with van der Waals surface area (Å²) >= 11 is 0. The molecular formula is C20H33FIN5O2. The third kappa shape index (κ3) is 8.83. The van der Waals surface area contributed by atoms with Gasteiger partial charge in [0.2, 0.25) is 5.91 Å². The van der Waals surface area contributed by atoms with Crippen LogP contribution in [0.2, 0.25) is 0 Å². The van der Waals surface area contributed by atoms with Crippen LogP contribution in [0.3, 0.4) is 0 Å². The highest BCUT2D eigenvalue weighted by Crippen LogP contribution is 2.22. The second-order valence-corrected chi connectivity index (χ2v) is 6.90. The third-order valence-corrected chi connectivity index (χ3v) is 4.64. The Hall–Kier alpha value is -1.46. The van der Waals surface area contributed by atoms with Crippen molar-refractivity contribution in [3.63, 3.8) is 0 Å². The number of carbonyl (C=O) groups is 1. The molecule has 29 heavy (non-hydrogen) atoms. The molecule has 1 amide bonds. The average molecular weight is 521 g/mol. The highest BCUT2D eigenvalue weighted by molar-refractivity contribution is 14.0. The fraction of sp³-hybridized carbons (Fsp3) is 0.600. The van der Waals surface area contributed by atoms with Gasteiger partial charge in [-0.15, -0.1) is 24.0 Å². The maximum absolute atomic E-state index is 13.4. The molecule has 0 spiro atoms. The summed E-state index contributed by atoms with van der Waals surface area (Å²) in [4.78, 5) is 20.4. The molecule has 7 nitrogen and oxygen atoms in total. The molecule has 0 aliphatic carbocycles. The van der Waals surface area contributed by atoms with Crippen molar-refractivity contribution in [2.24, 2.45) is 4.99 Å². The molecule has 1 aliphatic heterocycles. The van der Waals surface area contributed by atoms with E-state index >= 15 is 0 Å². The van der Waals surface area contributed by atoms with Crippen molar-refractivity contribution >= 4 is 35.8 Å². The molecule has 9 heteroatoms. The van der Waals surface area contributed by atoms with Crippen LogP contribution in [0.15, 0.2) is 29.3 Å². The average Bonchev–Trinajstić information content (AvgIpc) is 2.70. The predicted octanol–water partition coefficient (Wildman–Crippen LogP) is 1.85. The molecule has 0 aromatic heterocycles. The zero-order chi connectivity index (χ0) is 20.4. The van der Waals surface area contributed by atoms with Crippen LogP contribution in [-0.4, -0.2) is 81.7 Å². The number of nitrogens with one attached hydrogen (secondary N) is 2. The molecule has 1 heterocycles. The molecule has 2 rings (SSSR count). The third-order valence-electron chi connectivity index (χ3n) is 4.64. The fourth-order valence-corrected chi connectivity index (χ4v) is 3.04. The van der Waals surface area contributed by atoms with Crippen molar-refractivity contribution < 1.29 is 13.9 Å². The van der Waals surface area contributed by atoms with Gasteiger partial charge in [-0.3, -0.25) is 14.7 Å². The zero-order valence-corrected chi connectivity index (χ0v) is 19.8. The molecule has 164 valence electrons. The van der Waals surface area contributed by atoms with Crippen LogP contribution in [0.1, 0.15) is 24.9 Å². The van der Waals surface area contributed by atoms with Crippen molar-refractivity contribution in [3.05, 3.63) is 35.6 Å². The van der Waals surface area contributed by atoms with Gasteiger partial charge in [-0.1, -0.05) is 12.1 Å². The minimum atomic E-state index is -0.242. The number of morpholine rings is 1. The minimum absolute atomic E-state index is 0. The van der Waals surface area contributed by atoms with E-state index in [-0.39, 0.29) is 41.7 Å². The smallest absolute Gasteiger partial charge is 0.223 e. The molecule has 1 atom stereocenters. The van der Waals surface area contributed by atoms with Crippen LogP contribution in [0, 0.1) is 5.82 Å². The largest absolute Gasteiger partial charge is 0.379 e. The lowest BCUT2D eigenvalue weighted by Crippen LogP contribution is -2.42. The van der Waals surface area contributed by atoms with Crippen LogP contribution in [0.5, 0.6) is 0 Å². The Morgan fingerprint density at radius 2 is 1.90 bits per heavy atom. The molecule has 1 aromatic rings. The lowest BCUT2D eigenvalue weighted by atomic mass is 10.0. The van der Waals surface area contributed by atoms with Crippen LogP contribution in [0.4, 0.5) is 4.39 Å². The first-order valence-corrected chi connectivity index (χ1v) is 9.81. The summed E-state index contributed by atoms with van der Waals surface area (Å²) < 4.78 is 18.8. The number of guanidine groups is 1. The molecule has 1 unspecified atom stereocenters. The zero-order valence-electron chi connectivity index (χ0n) is 17.5. The monoisotopic (exact) mass is 521 g/mol. The Kier molecular flexibility index (Phi) is 12.1. The van der Waals surface area contributed by atoms with Crippen LogP contribution >= 0.6 is 24.0 Å². The number of amides is 1. The SMILES string of the molecule is CCNC(=NCC(c1ccc(F)cc1)N1CCOCC1)NCCC(=O)N(C)C.I. The number of halogens is 2. The standard InChI is InChI=1S/C20H32FN5O2.HI/c1-4-22-20(23-10-9-19(27)25(2)3)24-15-18(26-11-13-28-14-12-26)16-5-7-17(21)8-6-16;/h5-8,18H,4,9-15H2,1-3H3,(H2,22,23,24);1H. The van der Waals surface area contributed by atoms with E-state index in [1.54, 1.807) is 19.0 Å². The highest BCUT2D eigenvalue weighted by atomic mass is 127. The summed E-state index contributed by atoms with van der Waals surface area (Å²) in [6, 6.07) is 6.66. The molecule has 1 fully saturated rings. The first kappa shape index (κ1) is 25.6. The van der Waals surface area contributed by atoms with E-state index in [1.807, 2.05) is 19.1 Å². The molecule has 1 aliphatic rings. The summed E-state index contributed by atoms with van der Waals surface area (Å²) in [5.74, 6) is 0.504. The number of benzene rings is 1. The Balaban J connectivity index is 0.00000420. The highest BCUT2D eigenvalue weighted by Gasteiger charge is 2.22. The number of carbonyl (C=O) groups excluding carboxylic acids is 1. The van der Waals surface area contributed by atoms with E-state index < -0.39 is 0 Å². The quantitative estimate of drug-likeness (QED) is 0.311. The lowest BCUT2D eigenvalue weighted by Gasteiger charge is -2.34. The topological polar surface area (TPSA) is 69.2 Å². The molecule has 1 saturated heterocycles. The molecule has 0 radical (unpaired) electrons. The van der Waals surface area contributed by atoms with E-state index in [9.17, 15) is 9.18 Å². The number of hydrogen-bond donors (Lipinski definition) is 2. The van der Waals surface area contributed by atoms with Crippen molar-refractivity contribution in [1.29, 1.82) is 0 Å². The normalized spacial score (nSPS) is 15.9. The fourth-order valence-electron chi connectivity index (χ4n) is 3.04. The first-order chi connectivity index (χ1) is 13.5. The second-order valence-electron chi connectivity index (χ2n) is 6.90. The molecule has 0 bridgehead atoms. The van der Waals surface area contributed by atoms with Crippen molar-refractivity contribution in [2.45, 2.75) is 19.4 Å². The summed E-state index contributed by atoms with van der Waals surface area (Å²) in [7, 11) is 3.49. The Bertz CT molecular complexity index is 636. The Labute approximate surface area is 190 Å². The van der Waals surface area contributed by atoms with Gasteiger partial charge in [-0.05, 0) is 24.6 Å². The van der Waals surface area contributed by atoms with Crippen molar-refractivity contribution in [3.8, 4) is 0 Å². The minimum Gasteiger partial charge on any atom is -0.379 e. The van der Waals surface area contributed by atoms with Gasteiger partial charge in [0.05, 0.1) is 25.8 Å². The summed E-state index contributed by atoms with van der Waals surface area (Å²) in [6.07, 6.45) is 0.405. The summed E-state index contributed by atoms with van der Waals surface area (Å²) in [6.45, 7) is 6.79. The van der Waals surface area contributed by atoms with E-state index in [1.165, 1.54) is 12.1 Å². The predicted molar refractivity (Wildman–Crippen MR) is 124 cm³/mol. The van der Waals surface area contributed by atoms with Gasteiger partial charge in [0.25, 0.3) is 0 Å². The number of ether oxygens (including phenoxy) is 1. The van der Waals surface area contributed by atoms with Gasteiger partial charge < -0.3 is 20.3 Å². The maximum atomic E-state index is 13.4. The molecule has 2 N–H and O–H groups in total. The van der Waals surface area contributed by atoms with Gasteiger partial charge in [0, 0.05) is 46.7 Å². The van der Waals surface area contributed by atoms with Gasteiger partial charge in [0.15, 0.2) is 5.96 Å². The van der Waals surface area contributed by atoms with Crippen molar-refractivity contribution in [2.75, 3.05) is 60.0 Å². The van der Waals surface area contributed by atoms with E-state index in [0.717, 1.165) is 25.2 Å². The Morgan fingerprint density at radius 3 is 2.48 bits per heavy atom. The van der Waals surface area contributed by atoms with Gasteiger partial charge in [-0.25, -0.2) is 4.39 Å². The Morgan fingerprint density at radius 1 is 1.24 bits per heavy atom. The maximum Gasteiger partial charge on any atom is 0.223 e. The van der Waals surface area contributed by atoms with E-state index in [4.69, 9.17) is 9.73 Å². The molecular weight excluding hydrogens is 488 g/mol. The number of aliphatic imine (C=N–C) groups is 1. The van der Waals surface area contributed by atoms with E-state index in [0.29, 0.717) is 38.7 Å². The number of rotatable bonds is 8. The first-order valence-electron chi connectivity index (χ1n) is 9.81. The summed E-state index contributed by atoms with van der Waals surface area (Å²) in [5.41, 5.74) is 1.03. The van der Waals surface area contributed by atoms with E-state index in [2.05, 4.69) is 15.5 Å². The summed E-state index contributed by atoms with van der Waals surface area (Å²) in [5, 5.41) is 6.43. The number of hydrogen-bond acceptors (Lipinski definition) is 4. The lowest BCUT2D eigenvalue weighted by molar-refractivity contribution is -0.128. The van der Waals surface area contributed by atoms with Crippen molar-refractivity contribution in [1.82, 2.24) is 20.4 Å². The van der Waals surface area contributed by atoms with Crippen LogP contribution in [-0.2, 0) is 9.53 Å². The van der Waals surface area contributed by atoms with Gasteiger partial charge >= 0.3 is 0 Å². The van der Waals surface area contributed by atoms with Gasteiger partial charge in [-0.2, -0.15) is 0 Å². The second kappa shape index (κ2) is 13.7. The van der Waals surface area contributed by atoms with Gasteiger partial charge in [0.1, 0.15) is 5.82 Å². The number of nitrogens with zero attached hydrogens (tertiary/aromatic N) is 3.